The van der Waals surface area contributed by atoms with Gasteiger partial charge in [-0.05, 0) is 59.5 Å². The molecular weight excluding hydrogens is 266 g/mol. The number of hydrogen-bond acceptors (Lipinski definition) is 4. The fraction of sp³-hybridized carbons (Fsp3) is 0.438. The molecule has 0 spiro atoms. The number of anilines is 1. The Labute approximate surface area is 124 Å². The second kappa shape index (κ2) is 6.37. The zero-order chi connectivity index (χ0) is 13.8. The van der Waals surface area contributed by atoms with Gasteiger partial charge in [-0.3, -0.25) is 0 Å². The van der Waals surface area contributed by atoms with Crippen LogP contribution in [0.4, 0.5) is 5.82 Å². The van der Waals surface area contributed by atoms with E-state index in [-0.39, 0.29) is 0 Å². The highest BCUT2D eigenvalue weighted by Gasteiger charge is 2.30. The molecule has 2 aromatic heterocycles. The predicted octanol–water partition coefficient (Wildman–Crippen LogP) is 3.42. The molecule has 2 heterocycles. The first-order valence-corrected chi connectivity index (χ1v) is 8.24. The summed E-state index contributed by atoms with van der Waals surface area (Å²) in [7, 11) is 0. The summed E-state index contributed by atoms with van der Waals surface area (Å²) in [5, 5.41) is 7.76. The van der Waals surface area contributed by atoms with Crippen molar-refractivity contribution in [3.8, 4) is 0 Å². The number of rotatable bonds is 7. The van der Waals surface area contributed by atoms with Gasteiger partial charge in [-0.2, -0.15) is 11.3 Å². The molecule has 4 heteroatoms. The standard InChI is InChI=1S/C16H21N3S/c1-2-17-10-13-5-7-18-16(9-13)19(15-3-4-15)11-14-6-8-20-12-14/h5-9,12,15,17H,2-4,10-11H2,1H3. The molecule has 1 saturated carbocycles. The Bertz CT molecular complexity index is 534. The fourth-order valence-electron chi connectivity index (χ4n) is 2.36. The van der Waals surface area contributed by atoms with E-state index < -0.39 is 0 Å². The zero-order valence-corrected chi connectivity index (χ0v) is 12.7. The molecule has 1 N–H and O–H groups in total. The molecule has 3 nitrogen and oxygen atoms in total. The van der Waals surface area contributed by atoms with E-state index in [0.29, 0.717) is 6.04 Å². The number of nitrogens with zero attached hydrogens (tertiary/aromatic N) is 2. The van der Waals surface area contributed by atoms with Crippen molar-refractivity contribution in [1.82, 2.24) is 10.3 Å². The maximum absolute atomic E-state index is 4.59. The van der Waals surface area contributed by atoms with Crippen molar-refractivity contribution in [2.75, 3.05) is 11.4 Å². The van der Waals surface area contributed by atoms with Crippen LogP contribution in [0, 0.1) is 0 Å². The van der Waals surface area contributed by atoms with E-state index in [1.54, 1.807) is 11.3 Å². The Morgan fingerprint density at radius 1 is 1.35 bits per heavy atom. The van der Waals surface area contributed by atoms with Gasteiger partial charge in [0.2, 0.25) is 0 Å². The third-order valence-electron chi connectivity index (χ3n) is 3.60. The molecule has 1 aliphatic carbocycles. The Morgan fingerprint density at radius 3 is 2.95 bits per heavy atom. The molecule has 2 aromatic rings. The fourth-order valence-corrected chi connectivity index (χ4v) is 3.02. The average Bonchev–Trinajstić information content (AvgIpc) is 3.19. The van der Waals surface area contributed by atoms with Crippen LogP contribution < -0.4 is 10.2 Å². The molecule has 20 heavy (non-hydrogen) atoms. The minimum Gasteiger partial charge on any atom is -0.349 e. The van der Waals surface area contributed by atoms with Crippen molar-refractivity contribution >= 4 is 17.2 Å². The maximum Gasteiger partial charge on any atom is 0.129 e. The van der Waals surface area contributed by atoms with E-state index in [1.165, 1.54) is 24.0 Å². The molecule has 0 aromatic carbocycles. The van der Waals surface area contributed by atoms with E-state index in [2.05, 4.69) is 51.1 Å². The van der Waals surface area contributed by atoms with Gasteiger partial charge in [0.15, 0.2) is 0 Å². The van der Waals surface area contributed by atoms with Gasteiger partial charge in [0, 0.05) is 25.3 Å². The van der Waals surface area contributed by atoms with Crippen LogP contribution in [0.25, 0.3) is 0 Å². The van der Waals surface area contributed by atoms with E-state index in [1.807, 2.05) is 6.20 Å². The topological polar surface area (TPSA) is 28.2 Å². The molecular formula is C16H21N3S. The number of aromatic nitrogens is 1. The van der Waals surface area contributed by atoms with Crippen LogP contribution in [0.3, 0.4) is 0 Å². The minimum absolute atomic E-state index is 0.678. The molecule has 0 aliphatic heterocycles. The van der Waals surface area contributed by atoms with Gasteiger partial charge in [-0.15, -0.1) is 0 Å². The summed E-state index contributed by atoms with van der Waals surface area (Å²) in [5.41, 5.74) is 2.70. The summed E-state index contributed by atoms with van der Waals surface area (Å²) in [6.45, 7) is 5.03. The lowest BCUT2D eigenvalue weighted by atomic mass is 10.2. The lowest BCUT2D eigenvalue weighted by Gasteiger charge is -2.23. The Balaban J connectivity index is 1.76. The smallest absolute Gasteiger partial charge is 0.129 e. The molecule has 106 valence electrons. The summed E-state index contributed by atoms with van der Waals surface area (Å²) in [5.74, 6) is 1.12. The highest BCUT2D eigenvalue weighted by molar-refractivity contribution is 7.07. The zero-order valence-electron chi connectivity index (χ0n) is 11.9. The third-order valence-corrected chi connectivity index (χ3v) is 4.34. The second-order valence-electron chi connectivity index (χ2n) is 5.29. The van der Waals surface area contributed by atoms with Crippen LogP contribution in [0.2, 0.25) is 0 Å². The molecule has 0 radical (unpaired) electrons. The molecule has 0 atom stereocenters. The summed E-state index contributed by atoms with van der Waals surface area (Å²) >= 11 is 1.77. The molecule has 1 fully saturated rings. The lowest BCUT2D eigenvalue weighted by molar-refractivity contribution is 0.722. The Kier molecular flexibility index (Phi) is 4.33. The Hall–Kier alpha value is -1.39. The highest BCUT2D eigenvalue weighted by Crippen LogP contribution is 2.32. The van der Waals surface area contributed by atoms with Gasteiger partial charge in [0.25, 0.3) is 0 Å². The van der Waals surface area contributed by atoms with Gasteiger partial charge in [-0.1, -0.05) is 6.92 Å². The number of hydrogen-bond donors (Lipinski definition) is 1. The van der Waals surface area contributed by atoms with Crippen LogP contribution in [-0.4, -0.2) is 17.6 Å². The van der Waals surface area contributed by atoms with Gasteiger partial charge in [0.1, 0.15) is 5.82 Å². The van der Waals surface area contributed by atoms with Crippen molar-refractivity contribution in [3.63, 3.8) is 0 Å². The van der Waals surface area contributed by atoms with Crippen molar-refractivity contribution in [3.05, 3.63) is 46.3 Å². The third kappa shape index (κ3) is 3.38. The first kappa shape index (κ1) is 13.6. The largest absolute Gasteiger partial charge is 0.349 e. The van der Waals surface area contributed by atoms with Crippen molar-refractivity contribution in [2.24, 2.45) is 0 Å². The molecule has 0 bridgehead atoms. The Morgan fingerprint density at radius 2 is 2.25 bits per heavy atom. The lowest BCUT2D eigenvalue weighted by Crippen LogP contribution is -2.26. The van der Waals surface area contributed by atoms with E-state index in [4.69, 9.17) is 0 Å². The van der Waals surface area contributed by atoms with Gasteiger partial charge in [-0.25, -0.2) is 4.98 Å². The first-order chi connectivity index (χ1) is 9.86. The SMILES string of the molecule is CCNCc1ccnc(N(Cc2ccsc2)C2CC2)c1. The summed E-state index contributed by atoms with van der Waals surface area (Å²) in [6.07, 6.45) is 4.53. The second-order valence-corrected chi connectivity index (χ2v) is 6.07. The summed E-state index contributed by atoms with van der Waals surface area (Å²) < 4.78 is 0. The minimum atomic E-state index is 0.678. The van der Waals surface area contributed by atoms with Crippen LogP contribution >= 0.6 is 11.3 Å². The molecule has 3 rings (SSSR count). The maximum atomic E-state index is 4.59. The van der Waals surface area contributed by atoms with Crippen molar-refractivity contribution in [2.45, 2.75) is 38.9 Å². The molecule has 1 aliphatic rings. The number of nitrogens with one attached hydrogen (secondary N) is 1. The van der Waals surface area contributed by atoms with Gasteiger partial charge >= 0.3 is 0 Å². The molecule has 0 amide bonds. The van der Waals surface area contributed by atoms with Crippen molar-refractivity contribution < 1.29 is 0 Å². The predicted molar refractivity (Wildman–Crippen MR) is 85.1 cm³/mol. The van der Waals surface area contributed by atoms with Crippen LogP contribution in [0.15, 0.2) is 35.2 Å². The van der Waals surface area contributed by atoms with Crippen LogP contribution in [0.1, 0.15) is 30.9 Å². The first-order valence-electron chi connectivity index (χ1n) is 7.30. The number of pyridine rings is 1. The van der Waals surface area contributed by atoms with E-state index in [0.717, 1.165) is 25.5 Å². The average molecular weight is 287 g/mol. The molecule has 0 saturated heterocycles. The summed E-state index contributed by atoms with van der Waals surface area (Å²) in [6, 6.07) is 7.22. The van der Waals surface area contributed by atoms with E-state index >= 15 is 0 Å². The van der Waals surface area contributed by atoms with Gasteiger partial charge in [0.05, 0.1) is 0 Å². The highest BCUT2D eigenvalue weighted by atomic mass is 32.1. The molecule has 0 unspecified atom stereocenters. The number of thiophene rings is 1. The quantitative estimate of drug-likeness (QED) is 0.845. The van der Waals surface area contributed by atoms with Crippen molar-refractivity contribution in [1.29, 1.82) is 0 Å². The monoisotopic (exact) mass is 287 g/mol. The summed E-state index contributed by atoms with van der Waals surface area (Å²) in [4.78, 5) is 7.05. The van der Waals surface area contributed by atoms with Crippen LogP contribution in [0.5, 0.6) is 0 Å². The normalized spacial score (nSPS) is 14.4. The van der Waals surface area contributed by atoms with Gasteiger partial charge < -0.3 is 10.2 Å². The van der Waals surface area contributed by atoms with E-state index in [9.17, 15) is 0 Å². The van der Waals surface area contributed by atoms with Crippen LogP contribution in [-0.2, 0) is 13.1 Å².